The molecule has 1 aromatic heterocycles. The number of halogens is 1. The van der Waals surface area contributed by atoms with Gasteiger partial charge in [-0.1, -0.05) is 18.5 Å². The van der Waals surface area contributed by atoms with Crippen LogP contribution in [0.2, 0.25) is 5.02 Å². The lowest BCUT2D eigenvalue weighted by Crippen LogP contribution is -2.14. The van der Waals surface area contributed by atoms with E-state index in [0.29, 0.717) is 28.0 Å². The number of carbonyl (C=O) groups is 2. The Balaban J connectivity index is 2.57. The van der Waals surface area contributed by atoms with Crippen molar-refractivity contribution >= 4 is 40.1 Å². The number of amides is 1. The van der Waals surface area contributed by atoms with Crippen LogP contribution in [0.5, 0.6) is 0 Å². The number of aromatic nitrogens is 1. The Morgan fingerprint density at radius 2 is 2.10 bits per heavy atom. The number of aromatic amines is 1. The highest BCUT2D eigenvalue weighted by molar-refractivity contribution is 6.31. The number of hydrogen-bond donors (Lipinski definition) is 2. The fourth-order valence-corrected chi connectivity index (χ4v) is 2.05. The smallest absolute Gasteiger partial charge is 0.356 e. The summed E-state index contributed by atoms with van der Waals surface area (Å²) in [6.07, 6.45) is 0.315. The molecule has 6 heteroatoms. The van der Waals surface area contributed by atoms with Crippen LogP contribution in [0, 0.1) is 0 Å². The Kier molecular flexibility index (Phi) is 4.29. The van der Waals surface area contributed by atoms with Crippen LogP contribution in [-0.4, -0.2) is 23.5 Å². The molecule has 0 aliphatic carbocycles. The van der Waals surface area contributed by atoms with Gasteiger partial charge in [0, 0.05) is 22.3 Å². The third kappa shape index (κ3) is 2.77. The molecule has 0 spiro atoms. The topological polar surface area (TPSA) is 71.2 Å². The van der Waals surface area contributed by atoms with Crippen molar-refractivity contribution in [2.45, 2.75) is 20.3 Å². The van der Waals surface area contributed by atoms with Crippen LogP contribution in [-0.2, 0) is 9.53 Å². The summed E-state index contributed by atoms with van der Waals surface area (Å²) in [7, 11) is 0. The van der Waals surface area contributed by atoms with Crippen LogP contribution in [0.1, 0.15) is 30.8 Å². The number of fused-ring (bicyclic) bond motifs is 1. The summed E-state index contributed by atoms with van der Waals surface area (Å²) in [6.45, 7) is 3.72. The quantitative estimate of drug-likeness (QED) is 0.850. The van der Waals surface area contributed by atoms with E-state index in [1.54, 1.807) is 32.0 Å². The zero-order valence-corrected chi connectivity index (χ0v) is 12.0. The molecule has 1 amide bonds. The molecular weight excluding hydrogens is 280 g/mol. The summed E-state index contributed by atoms with van der Waals surface area (Å²) in [6, 6.07) is 5.16. The molecular formula is C14H15ClN2O3. The third-order valence-electron chi connectivity index (χ3n) is 2.83. The number of hydrogen-bond acceptors (Lipinski definition) is 3. The fraction of sp³-hybridized carbons (Fsp3) is 0.286. The van der Waals surface area contributed by atoms with Gasteiger partial charge in [0.05, 0.1) is 12.3 Å². The van der Waals surface area contributed by atoms with Crippen molar-refractivity contribution in [1.29, 1.82) is 0 Å². The molecule has 1 aromatic carbocycles. The average molecular weight is 295 g/mol. The van der Waals surface area contributed by atoms with Crippen LogP contribution in [0.15, 0.2) is 18.2 Å². The van der Waals surface area contributed by atoms with Crippen molar-refractivity contribution < 1.29 is 14.3 Å². The van der Waals surface area contributed by atoms with E-state index >= 15 is 0 Å². The second kappa shape index (κ2) is 5.96. The molecule has 0 saturated carbocycles. The average Bonchev–Trinajstić information content (AvgIpc) is 2.77. The van der Waals surface area contributed by atoms with Gasteiger partial charge in [0.15, 0.2) is 0 Å². The van der Waals surface area contributed by atoms with Crippen LogP contribution in [0.4, 0.5) is 5.69 Å². The summed E-state index contributed by atoms with van der Waals surface area (Å²) < 4.78 is 4.99. The standard InChI is InChI=1S/C14H15ClN2O3/c1-3-11(18)17-12-9-7-8(15)5-6-10(9)16-13(12)14(19)20-4-2/h5-7,16H,3-4H2,1-2H3,(H,17,18). The van der Waals surface area contributed by atoms with Crippen molar-refractivity contribution in [3.63, 3.8) is 0 Å². The van der Waals surface area contributed by atoms with E-state index in [9.17, 15) is 9.59 Å². The van der Waals surface area contributed by atoms with Gasteiger partial charge in [-0.25, -0.2) is 4.79 Å². The summed E-state index contributed by atoms with van der Waals surface area (Å²) in [5, 5.41) is 3.93. The lowest BCUT2D eigenvalue weighted by Gasteiger charge is -2.06. The Morgan fingerprint density at radius 3 is 2.75 bits per heavy atom. The summed E-state index contributed by atoms with van der Waals surface area (Å²) in [4.78, 5) is 26.5. The zero-order valence-electron chi connectivity index (χ0n) is 11.2. The molecule has 2 aromatic rings. The van der Waals surface area contributed by atoms with Gasteiger partial charge in [0.1, 0.15) is 5.69 Å². The van der Waals surface area contributed by atoms with Gasteiger partial charge in [-0.05, 0) is 25.1 Å². The minimum Gasteiger partial charge on any atom is -0.461 e. The van der Waals surface area contributed by atoms with Crippen LogP contribution >= 0.6 is 11.6 Å². The predicted molar refractivity (Wildman–Crippen MR) is 78.2 cm³/mol. The Labute approximate surface area is 121 Å². The number of anilines is 1. The van der Waals surface area contributed by atoms with E-state index in [-0.39, 0.29) is 18.2 Å². The van der Waals surface area contributed by atoms with E-state index < -0.39 is 5.97 Å². The van der Waals surface area contributed by atoms with Gasteiger partial charge in [0.2, 0.25) is 5.91 Å². The molecule has 0 atom stereocenters. The maximum absolute atomic E-state index is 12.0. The number of rotatable bonds is 4. The molecule has 2 N–H and O–H groups in total. The molecule has 0 fully saturated rings. The number of carbonyl (C=O) groups excluding carboxylic acids is 2. The number of esters is 1. The number of ether oxygens (including phenoxy) is 1. The molecule has 0 saturated heterocycles. The fourth-order valence-electron chi connectivity index (χ4n) is 1.88. The van der Waals surface area contributed by atoms with Crippen LogP contribution in [0.25, 0.3) is 10.9 Å². The van der Waals surface area contributed by atoms with Gasteiger partial charge >= 0.3 is 5.97 Å². The van der Waals surface area contributed by atoms with Gasteiger partial charge in [-0.15, -0.1) is 0 Å². The molecule has 106 valence electrons. The first-order valence-corrected chi connectivity index (χ1v) is 6.72. The van der Waals surface area contributed by atoms with Crippen molar-refractivity contribution in [2.75, 3.05) is 11.9 Å². The molecule has 1 heterocycles. The van der Waals surface area contributed by atoms with Crippen LogP contribution in [0.3, 0.4) is 0 Å². The van der Waals surface area contributed by atoms with E-state index in [1.165, 1.54) is 0 Å². The first kappa shape index (κ1) is 14.4. The molecule has 0 bridgehead atoms. The first-order valence-electron chi connectivity index (χ1n) is 6.35. The largest absolute Gasteiger partial charge is 0.461 e. The van der Waals surface area contributed by atoms with Crippen LogP contribution < -0.4 is 5.32 Å². The van der Waals surface area contributed by atoms with E-state index in [2.05, 4.69) is 10.3 Å². The van der Waals surface area contributed by atoms with Crippen molar-refractivity contribution in [1.82, 2.24) is 4.98 Å². The number of benzene rings is 1. The second-order valence-electron chi connectivity index (χ2n) is 4.19. The number of H-pyrrole nitrogens is 1. The lowest BCUT2D eigenvalue weighted by atomic mass is 10.2. The summed E-state index contributed by atoms with van der Waals surface area (Å²) in [5.74, 6) is -0.692. The maximum atomic E-state index is 12.0. The minimum atomic E-state index is -0.508. The Bertz CT molecular complexity index is 664. The normalized spacial score (nSPS) is 10.6. The third-order valence-corrected chi connectivity index (χ3v) is 3.06. The summed E-state index contributed by atoms with van der Waals surface area (Å²) in [5.41, 5.74) is 1.35. The first-order chi connectivity index (χ1) is 9.56. The molecule has 2 rings (SSSR count). The minimum absolute atomic E-state index is 0.184. The predicted octanol–water partition coefficient (Wildman–Crippen LogP) is 3.35. The van der Waals surface area contributed by atoms with Gasteiger partial charge in [-0.2, -0.15) is 0 Å². The summed E-state index contributed by atoms with van der Waals surface area (Å²) >= 11 is 5.97. The van der Waals surface area contributed by atoms with Crippen molar-refractivity contribution in [3.8, 4) is 0 Å². The SMILES string of the molecule is CCOC(=O)c1[nH]c2ccc(Cl)cc2c1NC(=O)CC. The highest BCUT2D eigenvalue weighted by Gasteiger charge is 2.20. The van der Waals surface area contributed by atoms with Gasteiger partial charge in [0.25, 0.3) is 0 Å². The molecule has 0 aliphatic heterocycles. The Morgan fingerprint density at radius 1 is 1.35 bits per heavy atom. The maximum Gasteiger partial charge on any atom is 0.356 e. The number of nitrogens with one attached hydrogen (secondary N) is 2. The lowest BCUT2D eigenvalue weighted by molar-refractivity contribution is -0.115. The zero-order chi connectivity index (χ0) is 14.7. The molecule has 0 aliphatic rings. The highest BCUT2D eigenvalue weighted by atomic mass is 35.5. The monoisotopic (exact) mass is 294 g/mol. The van der Waals surface area contributed by atoms with E-state index in [0.717, 1.165) is 0 Å². The Hall–Kier alpha value is -2.01. The van der Waals surface area contributed by atoms with Crippen molar-refractivity contribution in [2.24, 2.45) is 0 Å². The highest BCUT2D eigenvalue weighted by Crippen LogP contribution is 2.30. The molecule has 0 radical (unpaired) electrons. The van der Waals surface area contributed by atoms with E-state index in [4.69, 9.17) is 16.3 Å². The molecule has 20 heavy (non-hydrogen) atoms. The van der Waals surface area contributed by atoms with Gasteiger partial charge in [-0.3, -0.25) is 4.79 Å². The second-order valence-corrected chi connectivity index (χ2v) is 4.62. The van der Waals surface area contributed by atoms with E-state index in [1.807, 2.05) is 0 Å². The molecule has 5 nitrogen and oxygen atoms in total. The molecule has 0 unspecified atom stereocenters. The van der Waals surface area contributed by atoms with Crippen molar-refractivity contribution in [3.05, 3.63) is 28.9 Å². The van der Waals surface area contributed by atoms with Gasteiger partial charge < -0.3 is 15.0 Å².